The van der Waals surface area contributed by atoms with Crippen molar-refractivity contribution in [3.63, 3.8) is 0 Å². The number of sulfone groups is 1. The standard InChI is InChI=1S/C14H20N4O2S/c1-4-12-13(15)14(18(2)17-12)16-9-10-5-7-11(8-6-10)21(3,19)20/h5-8,16H,4,9,15H2,1-3H3. The molecule has 2 aromatic rings. The van der Waals surface area contributed by atoms with Crippen molar-refractivity contribution in [2.75, 3.05) is 17.3 Å². The molecule has 0 saturated heterocycles. The molecule has 0 amide bonds. The summed E-state index contributed by atoms with van der Waals surface area (Å²) in [7, 11) is -1.32. The molecule has 2 rings (SSSR count). The van der Waals surface area contributed by atoms with Gasteiger partial charge < -0.3 is 11.1 Å². The van der Waals surface area contributed by atoms with E-state index < -0.39 is 9.84 Å². The van der Waals surface area contributed by atoms with Crippen molar-refractivity contribution in [3.8, 4) is 0 Å². The Bertz CT molecular complexity index is 733. The normalized spacial score (nSPS) is 11.6. The molecule has 0 radical (unpaired) electrons. The fourth-order valence-corrected chi connectivity index (χ4v) is 2.74. The Labute approximate surface area is 124 Å². The molecule has 1 aromatic heterocycles. The van der Waals surface area contributed by atoms with Gasteiger partial charge in [-0.3, -0.25) is 4.68 Å². The summed E-state index contributed by atoms with van der Waals surface area (Å²) in [6.45, 7) is 2.56. The molecule has 114 valence electrons. The summed E-state index contributed by atoms with van der Waals surface area (Å²) in [4.78, 5) is 0.319. The molecule has 0 spiro atoms. The average molecular weight is 308 g/mol. The molecule has 0 atom stereocenters. The number of nitrogens with zero attached hydrogens (tertiary/aromatic N) is 2. The van der Waals surface area contributed by atoms with Crippen molar-refractivity contribution >= 4 is 21.3 Å². The molecule has 1 aromatic carbocycles. The predicted molar refractivity (Wildman–Crippen MR) is 83.9 cm³/mol. The third-order valence-corrected chi connectivity index (χ3v) is 4.44. The van der Waals surface area contributed by atoms with Crippen LogP contribution in [0.3, 0.4) is 0 Å². The van der Waals surface area contributed by atoms with E-state index in [1.807, 2.05) is 14.0 Å². The Balaban J connectivity index is 2.12. The number of aromatic nitrogens is 2. The highest BCUT2D eigenvalue weighted by atomic mass is 32.2. The first kappa shape index (κ1) is 15.4. The van der Waals surface area contributed by atoms with Crippen LogP contribution < -0.4 is 11.1 Å². The molecule has 1 heterocycles. The highest BCUT2D eigenvalue weighted by Crippen LogP contribution is 2.23. The number of nitrogens with one attached hydrogen (secondary N) is 1. The van der Waals surface area contributed by atoms with E-state index in [9.17, 15) is 8.42 Å². The Kier molecular flexibility index (Phi) is 4.22. The summed E-state index contributed by atoms with van der Waals surface area (Å²) in [5.41, 5.74) is 8.54. The number of rotatable bonds is 5. The minimum atomic E-state index is -3.15. The van der Waals surface area contributed by atoms with Gasteiger partial charge in [-0.05, 0) is 24.1 Å². The maximum Gasteiger partial charge on any atom is 0.175 e. The van der Waals surface area contributed by atoms with Crippen LogP contribution in [-0.2, 0) is 29.9 Å². The van der Waals surface area contributed by atoms with Gasteiger partial charge in [0.1, 0.15) is 5.82 Å². The smallest absolute Gasteiger partial charge is 0.175 e. The quantitative estimate of drug-likeness (QED) is 0.875. The zero-order chi connectivity index (χ0) is 15.6. The molecule has 21 heavy (non-hydrogen) atoms. The van der Waals surface area contributed by atoms with Gasteiger partial charge in [-0.1, -0.05) is 19.1 Å². The van der Waals surface area contributed by atoms with Crippen LogP contribution in [0.2, 0.25) is 0 Å². The summed E-state index contributed by atoms with van der Waals surface area (Å²) < 4.78 is 24.5. The second kappa shape index (κ2) is 5.77. The lowest BCUT2D eigenvalue weighted by Gasteiger charge is -2.08. The topological polar surface area (TPSA) is 90.0 Å². The summed E-state index contributed by atoms with van der Waals surface area (Å²) in [6.07, 6.45) is 1.98. The lowest BCUT2D eigenvalue weighted by atomic mass is 10.2. The first-order valence-corrected chi connectivity index (χ1v) is 8.56. The van der Waals surface area contributed by atoms with Crippen LogP contribution in [0.25, 0.3) is 0 Å². The number of nitrogens with two attached hydrogens (primary N) is 1. The lowest BCUT2D eigenvalue weighted by molar-refractivity contribution is 0.602. The summed E-state index contributed by atoms with van der Waals surface area (Å²) >= 11 is 0. The minimum absolute atomic E-state index is 0.319. The molecular weight excluding hydrogens is 288 g/mol. The van der Waals surface area contributed by atoms with Crippen molar-refractivity contribution in [2.45, 2.75) is 24.8 Å². The van der Waals surface area contributed by atoms with Crippen LogP contribution >= 0.6 is 0 Å². The zero-order valence-corrected chi connectivity index (χ0v) is 13.2. The highest BCUT2D eigenvalue weighted by Gasteiger charge is 2.11. The minimum Gasteiger partial charge on any atom is -0.394 e. The van der Waals surface area contributed by atoms with E-state index in [1.165, 1.54) is 6.26 Å². The molecule has 6 nitrogen and oxygen atoms in total. The van der Waals surface area contributed by atoms with Crippen molar-refractivity contribution in [2.24, 2.45) is 7.05 Å². The maximum atomic E-state index is 11.4. The predicted octanol–water partition coefficient (Wildman–Crippen LogP) is 1.58. The Morgan fingerprint density at radius 2 is 1.90 bits per heavy atom. The third kappa shape index (κ3) is 3.36. The van der Waals surface area contributed by atoms with Gasteiger partial charge in [0.25, 0.3) is 0 Å². The van der Waals surface area contributed by atoms with E-state index in [0.717, 1.165) is 23.5 Å². The fraction of sp³-hybridized carbons (Fsp3) is 0.357. The molecule has 0 aliphatic heterocycles. The van der Waals surface area contributed by atoms with E-state index in [-0.39, 0.29) is 0 Å². The first-order valence-electron chi connectivity index (χ1n) is 6.67. The second-order valence-corrected chi connectivity index (χ2v) is 6.97. The first-order chi connectivity index (χ1) is 9.82. The van der Waals surface area contributed by atoms with Gasteiger partial charge >= 0.3 is 0 Å². The molecule has 0 unspecified atom stereocenters. The zero-order valence-electron chi connectivity index (χ0n) is 12.4. The summed E-state index contributed by atoms with van der Waals surface area (Å²) in [5.74, 6) is 0.777. The molecule has 0 aliphatic carbocycles. The van der Waals surface area contributed by atoms with Crippen molar-refractivity contribution in [1.82, 2.24) is 9.78 Å². The van der Waals surface area contributed by atoms with Gasteiger partial charge in [-0.15, -0.1) is 0 Å². The molecule has 7 heteroatoms. The van der Waals surface area contributed by atoms with Gasteiger partial charge in [0.05, 0.1) is 16.3 Å². The van der Waals surface area contributed by atoms with Crippen molar-refractivity contribution in [3.05, 3.63) is 35.5 Å². The highest BCUT2D eigenvalue weighted by molar-refractivity contribution is 7.90. The number of benzene rings is 1. The van der Waals surface area contributed by atoms with Crippen LogP contribution in [0.4, 0.5) is 11.5 Å². The molecular formula is C14H20N4O2S. The number of hydrogen-bond donors (Lipinski definition) is 2. The second-order valence-electron chi connectivity index (χ2n) is 4.96. The van der Waals surface area contributed by atoms with E-state index in [2.05, 4.69) is 10.4 Å². The Morgan fingerprint density at radius 3 is 2.38 bits per heavy atom. The van der Waals surface area contributed by atoms with Gasteiger partial charge in [0.15, 0.2) is 9.84 Å². The molecule has 0 saturated carbocycles. The van der Waals surface area contributed by atoms with Crippen molar-refractivity contribution < 1.29 is 8.42 Å². The summed E-state index contributed by atoms with van der Waals surface area (Å²) in [5, 5.41) is 7.57. The van der Waals surface area contributed by atoms with Crippen LogP contribution in [0, 0.1) is 0 Å². The fourth-order valence-electron chi connectivity index (χ4n) is 2.11. The monoisotopic (exact) mass is 308 g/mol. The molecule has 0 fully saturated rings. The lowest BCUT2D eigenvalue weighted by Crippen LogP contribution is -2.06. The summed E-state index contributed by atoms with van der Waals surface area (Å²) in [6, 6.07) is 6.79. The number of aryl methyl sites for hydroxylation is 2. The molecule has 0 bridgehead atoms. The van der Waals surface area contributed by atoms with Crippen LogP contribution in [-0.4, -0.2) is 24.5 Å². The van der Waals surface area contributed by atoms with Crippen molar-refractivity contribution in [1.29, 1.82) is 0 Å². The largest absolute Gasteiger partial charge is 0.394 e. The van der Waals surface area contributed by atoms with Gasteiger partial charge in [0.2, 0.25) is 0 Å². The van der Waals surface area contributed by atoms with Gasteiger partial charge in [-0.25, -0.2) is 8.42 Å². The maximum absolute atomic E-state index is 11.4. The molecule has 0 aliphatic rings. The average Bonchev–Trinajstić information content (AvgIpc) is 2.70. The van der Waals surface area contributed by atoms with E-state index in [4.69, 9.17) is 5.73 Å². The Morgan fingerprint density at radius 1 is 1.29 bits per heavy atom. The van der Waals surface area contributed by atoms with E-state index in [1.54, 1.807) is 28.9 Å². The SMILES string of the molecule is CCc1nn(C)c(NCc2ccc(S(C)(=O)=O)cc2)c1N. The van der Waals surface area contributed by atoms with E-state index in [0.29, 0.717) is 17.1 Å². The third-order valence-electron chi connectivity index (χ3n) is 3.31. The van der Waals surface area contributed by atoms with Crippen LogP contribution in [0.5, 0.6) is 0 Å². The van der Waals surface area contributed by atoms with Crippen LogP contribution in [0.15, 0.2) is 29.2 Å². The number of nitrogen functional groups attached to an aromatic ring is 1. The van der Waals surface area contributed by atoms with Gasteiger partial charge in [-0.2, -0.15) is 5.10 Å². The van der Waals surface area contributed by atoms with Crippen LogP contribution in [0.1, 0.15) is 18.2 Å². The van der Waals surface area contributed by atoms with E-state index >= 15 is 0 Å². The van der Waals surface area contributed by atoms with Gasteiger partial charge in [0, 0.05) is 19.8 Å². The Hall–Kier alpha value is -2.02. The number of hydrogen-bond acceptors (Lipinski definition) is 5. The number of anilines is 2. The molecule has 3 N–H and O–H groups in total.